The van der Waals surface area contributed by atoms with E-state index < -0.39 is 0 Å². The molecule has 0 bridgehead atoms. The molecular formula is C24H23N3O2S2. The number of fused-ring (bicyclic) bond motifs is 2. The lowest BCUT2D eigenvalue weighted by molar-refractivity contribution is 0.0737. The van der Waals surface area contributed by atoms with Gasteiger partial charge >= 0.3 is 0 Å². The molecule has 2 aromatic carbocycles. The third-order valence-corrected chi connectivity index (χ3v) is 8.10. The summed E-state index contributed by atoms with van der Waals surface area (Å²) in [6.45, 7) is 2.73. The van der Waals surface area contributed by atoms with Crippen LogP contribution in [0.3, 0.4) is 0 Å². The molecule has 1 aliphatic heterocycles. The number of nitrogens with zero attached hydrogens (tertiary/aromatic N) is 2. The van der Waals surface area contributed by atoms with Crippen molar-refractivity contribution in [1.82, 2.24) is 15.2 Å². The maximum atomic E-state index is 13.4. The normalized spacial score (nSPS) is 16.3. The number of hydrogen-bond donors (Lipinski definition) is 1. The van der Waals surface area contributed by atoms with Crippen molar-refractivity contribution in [3.63, 3.8) is 0 Å². The highest BCUT2D eigenvalue weighted by Gasteiger charge is 2.32. The van der Waals surface area contributed by atoms with Crippen LogP contribution in [-0.2, 0) is 6.42 Å². The van der Waals surface area contributed by atoms with Crippen molar-refractivity contribution in [3.8, 4) is 0 Å². The van der Waals surface area contributed by atoms with E-state index in [1.165, 1.54) is 11.3 Å². The fourth-order valence-electron chi connectivity index (χ4n) is 4.49. The number of thiophene rings is 1. The first kappa shape index (κ1) is 20.2. The Morgan fingerprint density at radius 3 is 2.84 bits per heavy atom. The lowest BCUT2D eigenvalue weighted by Gasteiger charge is -2.25. The summed E-state index contributed by atoms with van der Waals surface area (Å²) in [6.07, 6.45) is 2.63. The summed E-state index contributed by atoms with van der Waals surface area (Å²) in [4.78, 5) is 33.2. The first-order chi connectivity index (χ1) is 15.0. The Bertz CT molecular complexity index is 1310. The van der Waals surface area contributed by atoms with Gasteiger partial charge in [0.2, 0.25) is 0 Å². The van der Waals surface area contributed by atoms with Crippen molar-refractivity contribution in [2.75, 3.05) is 13.6 Å². The molecule has 5 nitrogen and oxygen atoms in total. The van der Waals surface area contributed by atoms with Gasteiger partial charge in [-0.15, -0.1) is 22.7 Å². The van der Waals surface area contributed by atoms with Crippen LogP contribution in [0.4, 0.5) is 0 Å². The van der Waals surface area contributed by atoms with Gasteiger partial charge in [-0.2, -0.15) is 0 Å². The van der Waals surface area contributed by atoms with Gasteiger partial charge in [-0.05, 0) is 61.4 Å². The quantitative estimate of drug-likeness (QED) is 0.475. The Hall–Kier alpha value is -2.77. The zero-order chi connectivity index (χ0) is 21.5. The van der Waals surface area contributed by atoms with E-state index in [1.54, 1.807) is 18.4 Å². The molecule has 4 aromatic rings. The SMILES string of the molecule is CNC(=O)c1sc2ccccc2c1CC1CCCN1C(=O)c1ccc2nc(C)sc2c1. The highest BCUT2D eigenvalue weighted by molar-refractivity contribution is 7.21. The molecule has 2 aromatic heterocycles. The Morgan fingerprint density at radius 1 is 1.16 bits per heavy atom. The minimum atomic E-state index is -0.0573. The Morgan fingerprint density at radius 2 is 2.00 bits per heavy atom. The van der Waals surface area contributed by atoms with Crippen LogP contribution in [0.5, 0.6) is 0 Å². The van der Waals surface area contributed by atoms with Gasteiger partial charge in [0.15, 0.2) is 0 Å². The lowest BCUT2D eigenvalue weighted by Crippen LogP contribution is -2.37. The Kier molecular flexibility index (Phi) is 5.24. The second-order valence-electron chi connectivity index (χ2n) is 7.90. The predicted molar refractivity (Wildman–Crippen MR) is 127 cm³/mol. The lowest BCUT2D eigenvalue weighted by atomic mass is 10.00. The van der Waals surface area contributed by atoms with Crippen LogP contribution in [0.25, 0.3) is 20.3 Å². The van der Waals surface area contributed by atoms with Crippen LogP contribution >= 0.6 is 22.7 Å². The van der Waals surface area contributed by atoms with Crippen LogP contribution in [0, 0.1) is 6.92 Å². The average molecular weight is 450 g/mol. The van der Waals surface area contributed by atoms with Crippen molar-refractivity contribution in [1.29, 1.82) is 0 Å². The standard InChI is InChI=1S/C24H23N3O2S2/c1-14-26-19-10-9-15(12-21(19)30-14)24(29)27-11-5-6-16(27)13-18-17-7-3-4-8-20(17)31-22(18)23(28)25-2/h3-4,7-10,12,16H,5-6,11,13H2,1-2H3,(H,25,28). The van der Waals surface area contributed by atoms with E-state index in [0.717, 1.165) is 55.1 Å². The van der Waals surface area contributed by atoms with E-state index in [1.807, 2.05) is 42.2 Å². The highest BCUT2D eigenvalue weighted by atomic mass is 32.1. The van der Waals surface area contributed by atoms with Crippen molar-refractivity contribution in [2.45, 2.75) is 32.2 Å². The molecule has 2 amide bonds. The highest BCUT2D eigenvalue weighted by Crippen LogP contribution is 2.35. The number of rotatable bonds is 4. The predicted octanol–water partition coefficient (Wildman–Crippen LogP) is 5.03. The molecular weight excluding hydrogens is 426 g/mol. The number of thiazole rings is 1. The zero-order valence-electron chi connectivity index (χ0n) is 17.5. The van der Waals surface area contributed by atoms with Gasteiger partial charge < -0.3 is 10.2 Å². The second kappa shape index (κ2) is 8.05. The maximum Gasteiger partial charge on any atom is 0.261 e. The fourth-order valence-corrected chi connectivity index (χ4v) is 6.53. The summed E-state index contributed by atoms with van der Waals surface area (Å²) < 4.78 is 2.16. The van der Waals surface area contributed by atoms with E-state index in [9.17, 15) is 9.59 Å². The van der Waals surface area contributed by atoms with E-state index in [0.29, 0.717) is 12.0 Å². The Labute approximate surface area is 188 Å². The van der Waals surface area contributed by atoms with Gasteiger partial charge in [0.25, 0.3) is 11.8 Å². The van der Waals surface area contributed by atoms with Crippen LogP contribution in [-0.4, -0.2) is 41.3 Å². The monoisotopic (exact) mass is 449 g/mol. The van der Waals surface area contributed by atoms with Crippen molar-refractivity contribution in [3.05, 3.63) is 63.5 Å². The number of aromatic nitrogens is 1. The molecule has 3 heterocycles. The van der Waals surface area contributed by atoms with E-state index in [4.69, 9.17) is 0 Å². The molecule has 0 spiro atoms. The maximum absolute atomic E-state index is 13.4. The molecule has 5 rings (SSSR count). The van der Waals surface area contributed by atoms with Crippen LogP contribution in [0.2, 0.25) is 0 Å². The number of carbonyl (C=O) groups is 2. The minimum absolute atomic E-state index is 0.0573. The van der Waals surface area contributed by atoms with Gasteiger partial charge in [-0.25, -0.2) is 4.98 Å². The molecule has 7 heteroatoms. The third-order valence-electron chi connectivity index (χ3n) is 5.95. The summed E-state index contributed by atoms with van der Waals surface area (Å²) in [7, 11) is 1.67. The number of aryl methyl sites for hydroxylation is 1. The summed E-state index contributed by atoms with van der Waals surface area (Å²) in [5.74, 6) is 0.00886. The van der Waals surface area contributed by atoms with E-state index >= 15 is 0 Å². The summed E-state index contributed by atoms with van der Waals surface area (Å²) in [5, 5.41) is 4.89. The number of benzene rings is 2. The summed E-state index contributed by atoms with van der Waals surface area (Å²) >= 11 is 3.14. The van der Waals surface area contributed by atoms with Crippen molar-refractivity contribution < 1.29 is 9.59 Å². The van der Waals surface area contributed by atoms with Gasteiger partial charge in [-0.1, -0.05) is 18.2 Å². The van der Waals surface area contributed by atoms with Crippen molar-refractivity contribution >= 4 is 54.8 Å². The van der Waals surface area contributed by atoms with Gasteiger partial charge in [0.05, 0.1) is 20.1 Å². The van der Waals surface area contributed by atoms with Crippen LogP contribution in [0.1, 0.15) is 43.4 Å². The number of amides is 2. The molecule has 1 saturated heterocycles. The second-order valence-corrected chi connectivity index (χ2v) is 10.2. The number of likely N-dealkylation sites (tertiary alicyclic amines) is 1. The smallest absolute Gasteiger partial charge is 0.261 e. The topological polar surface area (TPSA) is 62.3 Å². The molecule has 0 aliphatic carbocycles. The van der Waals surface area contributed by atoms with E-state index in [2.05, 4.69) is 22.4 Å². The first-order valence-corrected chi connectivity index (χ1v) is 12.1. The number of carbonyl (C=O) groups excluding carboxylic acids is 2. The number of hydrogen-bond acceptors (Lipinski definition) is 5. The third kappa shape index (κ3) is 3.62. The largest absolute Gasteiger partial charge is 0.354 e. The molecule has 1 fully saturated rings. The first-order valence-electron chi connectivity index (χ1n) is 10.5. The Balaban J connectivity index is 1.47. The van der Waals surface area contributed by atoms with Crippen LogP contribution in [0.15, 0.2) is 42.5 Å². The minimum Gasteiger partial charge on any atom is -0.354 e. The fraction of sp³-hybridized carbons (Fsp3) is 0.292. The van der Waals surface area contributed by atoms with Gasteiger partial charge in [-0.3, -0.25) is 9.59 Å². The van der Waals surface area contributed by atoms with Crippen molar-refractivity contribution in [2.24, 2.45) is 0 Å². The van der Waals surface area contributed by atoms with Crippen LogP contribution < -0.4 is 5.32 Å². The van der Waals surface area contributed by atoms with Gasteiger partial charge in [0.1, 0.15) is 0 Å². The van der Waals surface area contributed by atoms with E-state index in [-0.39, 0.29) is 17.9 Å². The molecule has 0 radical (unpaired) electrons. The summed E-state index contributed by atoms with van der Waals surface area (Å²) in [5.41, 5.74) is 2.71. The number of nitrogens with one attached hydrogen (secondary N) is 1. The molecule has 158 valence electrons. The molecule has 1 N–H and O–H groups in total. The molecule has 1 unspecified atom stereocenters. The zero-order valence-corrected chi connectivity index (χ0v) is 19.1. The molecule has 1 aliphatic rings. The van der Waals surface area contributed by atoms with Gasteiger partial charge in [0, 0.05) is 29.9 Å². The molecule has 1 atom stereocenters. The summed E-state index contributed by atoms with van der Waals surface area (Å²) in [6, 6.07) is 14.0. The average Bonchev–Trinajstić information content (AvgIpc) is 3.49. The molecule has 31 heavy (non-hydrogen) atoms. The molecule has 0 saturated carbocycles.